The summed E-state index contributed by atoms with van der Waals surface area (Å²) in [6, 6.07) is 14.2. The van der Waals surface area contributed by atoms with Gasteiger partial charge in [-0.25, -0.2) is 0 Å². The Kier molecular flexibility index (Phi) is 6.07. The summed E-state index contributed by atoms with van der Waals surface area (Å²) in [5.74, 6) is 1.12. The van der Waals surface area contributed by atoms with E-state index in [4.69, 9.17) is 11.6 Å². The van der Waals surface area contributed by atoms with Crippen LogP contribution in [-0.4, -0.2) is 65.2 Å². The molecule has 2 aromatic rings. The molecule has 1 aromatic carbocycles. The minimum absolute atomic E-state index is 0.0342. The SMILES string of the molecule is O=C(C1CCCN(c2ccc(Cl)nn2)C1)N1CCN(Cc2ccccc2)CC1. The molecule has 7 heteroatoms. The number of piperidine rings is 1. The summed E-state index contributed by atoms with van der Waals surface area (Å²) < 4.78 is 0. The van der Waals surface area contributed by atoms with E-state index >= 15 is 0 Å². The molecule has 2 saturated heterocycles. The number of hydrogen-bond donors (Lipinski definition) is 0. The molecule has 2 fully saturated rings. The molecule has 2 aliphatic rings. The molecule has 0 bridgehead atoms. The molecular weight excluding hydrogens is 374 g/mol. The fraction of sp³-hybridized carbons (Fsp3) is 0.476. The summed E-state index contributed by atoms with van der Waals surface area (Å²) >= 11 is 5.84. The molecule has 0 aliphatic carbocycles. The monoisotopic (exact) mass is 399 g/mol. The van der Waals surface area contributed by atoms with Crippen molar-refractivity contribution in [3.05, 3.63) is 53.2 Å². The Bertz CT molecular complexity index is 777. The molecule has 1 aromatic heterocycles. The minimum atomic E-state index is 0.0342. The lowest BCUT2D eigenvalue weighted by atomic mass is 9.96. The molecule has 1 atom stereocenters. The van der Waals surface area contributed by atoms with Crippen LogP contribution in [0, 0.1) is 5.92 Å². The van der Waals surface area contributed by atoms with E-state index in [2.05, 4.69) is 44.3 Å². The summed E-state index contributed by atoms with van der Waals surface area (Å²) in [5, 5.41) is 8.49. The van der Waals surface area contributed by atoms with Crippen LogP contribution in [-0.2, 0) is 11.3 Å². The van der Waals surface area contributed by atoms with Crippen molar-refractivity contribution >= 4 is 23.3 Å². The first-order valence-corrected chi connectivity index (χ1v) is 10.4. The molecule has 1 amide bonds. The zero-order valence-corrected chi connectivity index (χ0v) is 16.8. The average molecular weight is 400 g/mol. The van der Waals surface area contributed by atoms with Gasteiger partial charge < -0.3 is 9.80 Å². The highest BCUT2D eigenvalue weighted by Gasteiger charge is 2.31. The standard InChI is InChI=1S/C21H26ClN5O/c22-19-8-9-20(24-23-19)27-10-4-7-18(16-27)21(28)26-13-11-25(12-14-26)15-17-5-2-1-3-6-17/h1-3,5-6,8-9,18H,4,7,10-16H2. The lowest BCUT2D eigenvalue weighted by Gasteiger charge is -2.39. The van der Waals surface area contributed by atoms with Crippen molar-refractivity contribution in [1.29, 1.82) is 0 Å². The van der Waals surface area contributed by atoms with Gasteiger partial charge in [0, 0.05) is 45.8 Å². The molecule has 6 nitrogen and oxygen atoms in total. The van der Waals surface area contributed by atoms with Gasteiger partial charge in [-0.1, -0.05) is 41.9 Å². The first kappa shape index (κ1) is 19.2. The van der Waals surface area contributed by atoms with Crippen molar-refractivity contribution in [3.63, 3.8) is 0 Å². The lowest BCUT2D eigenvalue weighted by Crippen LogP contribution is -2.52. The number of carbonyl (C=O) groups excluding carboxylic acids is 1. The van der Waals surface area contributed by atoms with Crippen molar-refractivity contribution < 1.29 is 4.79 Å². The van der Waals surface area contributed by atoms with E-state index < -0.39 is 0 Å². The van der Waals surface area contributed by atoms with Crippen molar-refractivity contribution in [2.75, 3.05) is 44.2 Å². The second-order valence-electron chi connectivity index (χ2n) is 7.59. The number of benzene rings is 1. The molecule has 0 N–H and O–H groups in total. The van der Waals surface area contributed by atoms with Crippen LogP contribution in [0.3, 0.4) is 0 Å². The molecule has 2 aliphatic heterocycles. The summed E-state index contributed by atoms with van der Waals surface area (Å²) in [6.45, 7) is 6.05. The Morgan fingerprint density at radius 1 is 1.00 bits per heavy atom. The number of aromatic nitrogens is 2. The van der Waals surface area contributed by atoms with Gasteiger partial charge in [-0.2, -0.15) is 0 Å². The van der Waals surface area contributed by atoms with Gasteiger partial charge in [0.2, 0.25) is 5.91 Å². The molecule has 148 valence electrons. The maximum atomic E-state index is 13.1. The molecule has 0 radical (unpaired) electrons. The van der Waals surface area contributed by atoms with Crippen LogP contribution in [0.1, 0.15) is 18.4 Å². The maximum absolute atomic E-state index is 13.1. The number of piperazine rings is 1. The number of anilines is 1. The number of carbonyl (C=O) groups is 1. The topological polar surface area (TPSA) is 52.6 Å². The van der Waals surface area contributed by atoms with Gasteiger partial charge in [-0.15, -0.1) is 10.2 Å². The van der Waals surface area contributed by atoms with Crippen LogP contribution >= 0.6 is 11.6 Å². The average Bonchev–Trinajstić information content (AvgIpc) is 2.75. The molecule has 0 spiro atoms. The van der Waals surface area contributed by atoms with Crippen LogP contribution < -0.4 is 4.90 Å². The van der Waals surface area contributed by atoms with Gasteiger partial charge in [0.25, 0.3) is 0 Å². The van der Waals surface area contributed by atoms with Gasteiger partial charge in [0.1, 0.15) is 0 Å². The third kappa shape index (κ3) is 4.62. The fourth-order valence-corrected chi connectivity index (χ4v) is 4.19. The molecule has 4 rings (SSSR count). The van der Waals surface area contributed by atoms with Crippen LogP contribution in [0.5, 0.6) is 0 Å². The van der Waals surface area contributed by atoms with Gasteiger partial charge in [0.15, 0.2) is 11.0 Å². The second kappa shape index (κ2) is 8.88. The van der Waals surface area contributed by atoms with Crippen LogP contribution in [0.4, 0.5) is 5.82 Å². The molecular formula is C21H26ClN5O. The van der Waals surface area contributed by atoms with Crippen molar-refractivity contribution in [2.24, 2.45) is 5.92 Å². The van der Waals surface area contributed by atoms with E-state index in [0.717, 1.165) is 57.9 Å². The van der Waals surface area contributed by atoms with Gasteiger partial charge in [-0.3, -0.25) is 9.69 Å². The van der Waals surface area contributed by atoms with Gasteiger partial charge in [0.05, 0.1) is 5.92 Å². The Morgan fingerprint density at radius 3 is 2.50 bits per heavy atom. The van der Waals surface area contributed by atoms with Crippen LogP contribution in [0.2, 0.25) is 5.15 Å². The Balaban J connectivity index is 1.30. The molecule has 1 unspecified atom stereocenters. The number of amides is 1. The number of hydrogen-bond acceptors (Lipinski definition) is 5. The maximum Gasteiger partial charge on any atom is 0.227 e. The normalized spacial score (nSPS) is 21.0. The summed E-state index contributed by atoms with van der Waals surface area (Å²) in [4.78, 5) is 19.7. The zero-order chi connectivity index (χ0) is 19.3. The zero-order valence-electron chi connectivity index (χ0n) is 16.0. The first-order valence-electron chi connectivity index (χ1n) is 9.98. The summed E-state index contributed by atoms with van der Waals surface area (Å²) in [5.41, 5.74) is 1.33. The van der Waals surface area contributed by atoms with Gasteiger partial charge >= 0.3 is 0 Å². The third-order valence-electron chi connectivity index (χ3n) is 5.65. The largest absolute Gasteiger partial charge is 0.354 e. The van der Waals surface area contributed by atoms with Crippen molar-refractivity contribution in [1.82, 2.24) is 20.0 Å². The van der Waals surface area contributed by atoms with E-state index in [1.807, 2.05) is 17.0 Å². The Morgan fingerprint density at radius 2 is 1.79 bits per heavy atom. The predicted octanol–water partition coefficient (Wildman–Crippen LogP) is 2.69. The molecule has 28 heavy (non-hydrogen) atoms. The third-order valence-corrected chi connectivity index (χ3v) is 5.85. The van der Waals surface area contributed by atoms with Crippen molar-refractivity contribution in [2.45, 2.75) is 19.4 Å². The molecule has 0 saturated carbocycles. The smallest absolute Gasteiger partial charge is 0.227 e. The highest BCUT2D eigenvalue weighted by atomic mass is 35.5. The highest BCUT2D eigenvalue weighted by Crippen LogP contribution is 2.24. The summed E-state index contributed by atoms with van der Waals surface area (Å²) in [6.07, 6.45) is 1.94. The summed E-state index contributed by atoms with van der Waals surface area (Å²) in [7, 11) is 0. The Hall–Kier alpha value is -2.18. The van der Waals surface area contributed by atoms with Crippen molar-refractivity contribution in [3.8, 4) is 0 Å². The van der Waals surface area contributed by atoms with E-state index in [1.165, 1.54) is 5.56 Å². The lowest BCUT2D eigenvalue weighted by molar-refractivity contribution is -0.137. The molecule has 3 heterocycles. The minimum Gasteiger partial charge on any atom is -0.354 e. The number of rotatable bonds is 4. The van der Waals surface area contributed by atoms with Gasteiger partial charge in [-0.05, 0) is 30.5 Å². The van der Waals surface area contributed by atoms with E-state index in [0.29, 0.717) is 11.7 Å². The fourth-order valence-electron chi connectivity index (χ4n) is 4.09. The second-order valence-corrected chi connectivity index (χ2v) is 7.97. The quantitative estimate of drug-likeness (QED) is 0.791. The van der Waals surface area contributed by atoms with E-state index in [-0.39, 0.29) is 11.8 Å². The predicted molar refractivity (Wildman–Crippen MR) is 110 cm³/mol. The first-order chi connectivity index (χ1) is 13.7. The van der Waals surface area contributed by atoms with Crippen LogP contribution in [0.25, 0.3) is 0 Å². The van der Waals surface area contributed by atoms with E-state index in [1.54, 1.807) is 6.07 Å². The Labute approximate surface area is 171 Å². The van der Waals surface area contributed by atoms with E-state index in [9.17, 15) is 4.79 Å². The highest BCUT2D eigenvalue weighted by molar-refractivity contribution is 6.29. The number of halogens is 1. The number of nitrogens with zero attached hydrogens (tertiary/aromatic N) is 5. The van der Waals surface area contributed by atoms with Crippen LogP contribution in [0.15, 0.2) is 42.5 Å².